The molecule has 0 radical (unpaired) electrons. The third kappa shape index (κ3) is 5.53. The van der Waals surface area contributed by atoms with Crippen molar-refractivity contribution in [3.05, 3.63) is 44.4 Å². The van der Waals surface area contributed by atoms with Crippen molar-refractivity contribution in [2.45, 2.75) is 65.7 Å². The largest absolute Gasteiger partial charge is 0.444 e. The van der Waals surface area contributed by atoms with Crippen LogP contribution in [0.15, 0.2) is 18.2 Å². The maximum Gasteiger partial charge on any atom is 0.435 e. The Labute approximate surface area is 227 Å². The summed E-state index contributed by atoms with van der Waals surface area (Å²) >= 11 is 1.94. The van der Waals surface area contributed by atoms with Gasteiger partial charge in [-0.1, -0.05) is 6.07 Å². The Hall–Kier alpha value is -3.27. The Kier molecular flexibility index (Phi) is 6.92. The molecule has 9 nitrogen and oxygen atoms in total. The fraction of sp³-hybridized carbons (Fsp3) is 0.423. The van der Waals surface area contributed by atoms with Crippen molar-refractivity contribution in [3.63, 3.8) is 0 Å². The van der Waals surface area contributed by atoms with Gasteiger partial charge in [0.05, 0.1) is 11.3 Å². The minimum absolute atomic E-state index is 0.0930. The minimum Gasteiger partial charge on any atom is -0.444 e. The molecule has 11 heteroatoms. The van der Waals surface area contributed by atoms with Crippen molar-refractivity contribution in [1.29, 1.82) is 5.26 Å². The van der Waals surface area contributed by atoms with Crippen LogP contribution in [-0.4, -0.2) is 49.6 Å². The monoisotopic (exact) mass is 619 g/mol. The molecule has 1 aliphatic rings. The van der Waals surface area contributed by atoms with E-state index in [4.69, 9.17) is 9.47 Å². The Morgan fingerprint density at radius 1 is 1.11 bits per heavy atom. The van der Waals surface area contributed by atoms with E-state index in [0.717, 1.165) is 10.2 Å². The number of ether oxygens (including phenoxy) is 2. The molecule has 37 heavy (non-hydrogen) atoms. The summed E-state index contributed by atoms with van der Waals surface area (Å²) in [6.07, 6.45) is -0.782. The number of carbonyl (C=O) groups excluding carboxylic acids is 2. The van der Waals surface area contributed by atoms with E-state index in [1.165, 1.54) is 12.1 Å². The van der Waals surface area contributed by atoms with Crippen LogP contribution in [0.25, 0.3) is 22.3 Å². The van der Waals surface area contributed by atoms with Crippen molar-refractivity contribution in [2.24, 2.45) is 0 Å². The van der Waals surface area contributed by atoms with E-state index in [2.05, 4.69) is 16.2 Å². The first-order valence-corrected chi connectivity index (χ1v) is 12.8. The summed E-state index contributed by atoms with van der Waals surface area (Å²) in [4.78, 5) is 31.5. The zero-order valence-electron chi connectivity index (χ0n) is 21.5. The summed E-state index contributed by atoms with van der Waals surface area (Å²) in [7, 11) is 0. The van der Waals surface area contributed by atoms with Crippen LogP contribution in [0.2, 0.25) is 0 Å². The molecule has 0 N–H and O–H groups in total. The molecule has 0 spiro atoms. The molecular formula is C26H27FIN5O4. The van der Waals surface area contributed by atoms with Crippen LogP contribution in [0.3, 0.4) is 0 Å². The molecule has 0 atom stereocenters. The quantitative estimate of drug-likeness (QED) is 0.317. The van der Waals surface area contributed by atoms with Gasteiger partial charge in [-0.15, -0.1) is 0 Å². The Bertz CT molecular complexity index is 1460. The van der Waals surface area contributed by atoms with Gasteiger partial charge in [0, 0.05) is 18.7 Å². The maximum atomic E-state index is 15.3. The van der Waals surface area contributed by atoms with Crippen molar-refractivity contribution >= 4 is 45.8 Å². The maximum absolute atomic E-state index is 15.3. The molecule has 3 aromatic rings. The molecule has 3 heterocycles. The predicted octanol–water partition coefficient (Wildman–Crippen LogP) is 5.79. The van der Waals surface area contributed by atoms with Crippen LogP contribution in [-0.2, 0) is 22.4 Å². The second-order valence-corrected chi connectivity index (χ2v) is 11.8. The third-order valence-corrected chi connectivity index (χ3v) is 6.27. The number of nitrogens with zero attached hydrogens (tertiary/aromatic N) is 5. The molecule has 1 amide bonds. The van der Waals surface area contributed by atoms with Gasteiger partial charge in [-0.25, -0.2) is 19.0 Å². The average Bonchev–Trinajstić information content (AvgIpc) is 3.11. The van der Waals surface area contributed by atoms with Crippen molar-refractivity contribution < 1.29 is 23.5 Å². The number of carbonyl (C=O) groups is 2. The van der Waals surface area contributed by atoms with Crippen LogP contribution in [0.5, 0.6) is 0 Å². The van der Waals surface area contributed by atoms with E-state index in [1.807, 2.05) is 22.6 Å². The van der Waals surface area contributed by atoms with E-state index in [0.29, 0.717) is 33.3 Å². The van der Waals surface area contributed by atoms with Crippen LogP contribution < -0.4 is 0 Å². The van der Waals surface area contributed by atoms with Crippen LogP contribution in [0.4, 0.5) is 14.0 Å². The summed E-state index contributed by atoms with van der Waals surface area (Å²) in [5.74, 6) is -0.526. The number of aromatic nitrogens is 3. The number of benzene rings is 1. The Morgan fingerprint density at radius 2 is 1.76 bits per heavy atom. The lowest BCUT2D eigenvalue weighted by Crippen LogP contribution is -2.40. The lowest BCUT2D eigenvalue weighted by Gasteiger charge is -2.32. The smallest absolute Gasteiger partial charge is 0.435 e. The lowest BCUT2D eigenvalue weighted by atomic mass is 9.91. The number of fused-ring (bicyclic) bond motifs is 2. The number of hydrogen-bond donors (Lipinski definition) is 0. The first-order chi connectivity index (χ1) is 17.2. The third-order valence-electron chi connectivity index (χ3n) is 5.54. The van der Waals surface area contributed by atoms with Crippen LogP contribution >= 0.6 is 22.6 Å². The second-order valence-electron chi connectivity index (χ2n) is 10.8. The fourth-order valence-electron chi connectivity index (χ4n) is 4.09. The van der Waals surface area contributed by atoms with Gasteiger partial charge in [0.25, 0.3) is 0 Å². The summed E-state index contributed by atoms with van der Waals surface area (Å²) in [5, 5.41) is 14.2. The zero-order valence-corrected chi connectivity index (χ0v) is 23.6. The molecule has 194 valence electrons. The number of nitriles is 1. The highest BCUT2D eigenvalue weighted by molar-refractivity contribution is 14.1. The minimum atomic E-state index is -0.744. The highest BCUT2D eigenvalue weighted by Gasteiger charge is 2.30. The number of amides is 1. The van der Waals surface area contributed by atoms with Crippen molar-refractivity contribution in [2.75, 3.05) is 6.54 Å². The van der Waals surface area contributed by atoms with Gasteiger partial charge >= 0.3 is 12.2 Å². The fourth-order valence-corrected chi connectivity index (χ4v) is 4.70. The molecule has 1 aliphatic heterocycles. The first-order valence-electron chi connectivity index (χ1n) is 11.7. The van der Waals surface area contributed by atoms with E-state index < -0.39 is 29.2 Å². The first kappa shape index (κ1) is 26.8. The highest BCUT2D eigenvalue weighted by atomic mass is 127. The molecular weight excluding hydrogens is 592 g/mol. The van der Waals surface area contributed by atoms with E-state index in [-0.39, 0.29) is 23.4 Å². The van der Waals surface area contributed by atoms with Gasteiger partial charge in [0.1, 0.15) is 37.8 Å². The summed E-state index contributed by atoms with van der Waals surface area (Å²) in [6, 6.07) is 6.52. The van der Waals surface area contributed by atoms with Crippen LogP contribution in [0, 0.1) is 20.8 Å². The molecule has 1 aromatic carbocycles. The summed E-state index contributed by atoms with van der Waals surface area (Å²) in [6.45, 7) is 11.2. The molecule has 0 unspecified atom stereocenters. The van der Waals surface area contributed by atoms with Gasteiger partial charge in [-0.3, -0.25) is 0 Å². The predicted molar refractivity (Wildman–Crippen MR) is 142 cm³/mol. The molecule has 0 fully saturated rings. The molecule has 0 saturated carbocycles. The molecule has 2 aromatic heterocycles. The number of rotatable bonds is 1. The summed E-state index contributed by atoms with van der Waals surface area (Å²) < 4.78 is 27.7. The van der Waals surface area contributed by atoms with E-state index >= 15 is 4.39 Å². The standard InChI is InChI=1S/C26H27FIN5O4/c1-25(2,3)36-23(34)32-10-9-16-14(13-32)7-8-17(27)19(16)20-15(12-29)11-18-21(30-20)22(28)31-33(18)24(35)37-26(4,5)6/h7-8,11H,9-10,13H2,1-6H3. The average molecular weight is 619 g/mol. The van der Waals surface area contributed by atoms with Crippen molar-refractivity contribution in [3.8, 4) is 17.3 Å². The molecule has 4 rings (SSSR count). The van der Waals surface area contributed by atoms with Gasteiger partial charge < -0.3 is 14.4 Å². The van der Waals surface area contributed by atoms with Gasteiger partial charge in [-0.05, 0) is 93.8 Å². The van der Waals surface area contributed by atoms with Crippen LogP contribution in [0.1, 0.15) is 58.2 Å². The van der Waals surface area contributed by atoms with E-state index in [1.54, 1.807) is 52.5 Å². The normalized spacial score (nSPS) is 13.8. The lowest BCUT2D eigenvalue weighted by molar-refractivity contribution is 0.0223. The van der Waals surface area contributed by atoms with E-state index in [9.17, 15) is 14.9 Å². The Morgan fingerprint density at radius 3 is 2.38 bits per heavy atom. The van der Waals surface area contributed by atoms with Gasteiger partial charge in [0.2, 0.25) is 0 Å². The molecule has 0 bridgehead atoms. The van der Waals surface area contributed by atoms with Crippen molar-refractivity contribution in [1.82, 2.24) is 19.7 Å². The second kappa shape index (κ2) is 9.55. The molecule has 0 aliphatic carbocycles. The topological polar surface area (TPSA) is 110 Å². The number of halogens is 2. The number of hydrogen-bond acceptors (Lipinski definition) is 7. The molecule has 0 saturated heterocycles. The Balaban J connectivity index is 1.80. The van der Waals surface area contributed by atoms with Gasteiger partial charge in [0.15, 0.2) is 0 Å². The van der Waals surface area contributed by atoms with Gasteiger partial charge in [-0.2, -0.15) is 15.0 Å². The summed E-state index contributed by atoms with van der Waals surface area (Å²) in [5.41, 5.74) is 1.16. The SMILES string of the molecule is CC(C)(C)OC(=O)N1CCc2c(ccc(F)c2-c2nc3c(I)nn(C(=O)OC(C)(C)C)c3cc2C#N)C1. The zero-order chi connectivity index (χ0) is 27.3. The highest BCUT2D eigenvalue weighted by Crippen LogP contribution is 2.36. The number of pyridine rings is 1.